The third-order valence-corrected chi connectivity index (χ3v) is 2.36. The molecule has 3 nitrogen and oxygen atoms in total. The van der Waals surface area contributed by atoms with Crippen LogP contribution in [0.1, 0.15) is 25.3 Å². The molecule has 0 radical (unpaired) electrons. The van der Waals surface area contributed by atoms with Gasteiger partial charge in [-0.15, -0.1) is 0 Å². The molecule has 0 spiro atoms. The van der Waals surface area contributed by atoms with Gasteiger partial charge in [0.25, 0.3) is 5.91 Å². The number of hydrogen-bond donors (Lipinski definition) is 1. The quantitative estimate of drug-likeness (QED) is 0.493. The molecule has 0 fully saturated rings. The number of nitrogens with one attached hydrogen (secondary N) is 1. The van der Waals surface area contributed by atoms with Gasteiger partial charge in [0.05, 0.1) is 0 Å². The van der Waals surface area contributed by atoms with Gasteiger partial charge in [0.1, 0.15) is 17.5 Å². The van der Waals surface area contributed by atoms with E-state index in [0.717, 1.165) is 12.8 Å². The number of hydrogen-bond acceptors (Lipinski definition) is 2. The van der Waals surface area contributed by atoms with E-state index in [2.05, 4.69) is 5.32 Å². The van der Waals surface area contributed by atoms with Crippen molar-refractivity contribution in [3.05, 3.63) is 41.2 Å². The Morgan fingerprint density at radius 1 is 1.44 bits per heavy atom. The van der Waals surface area contributed by atoms with E-state index in [9.17, 15) is 9.18 Å². The minimum Gasteiger partial charge on any atom is -0.351 e. The maximum absolute atomic E-state index is 12.7. The van der Waals surface area contributed by atoms with Crippen LogP contribution in [-0.2, 0) is 4.79 Å². The summed E-state index contributed by atoms with van der Waals surface area (Å²) in [7, 11) is 0. The van der Waals surface area contributed by atoms with Crippen molar-refractivity contribution in [2.24, 2.45) is 0 Å². The molecule has 0 bridgehead atoms. The van der Waals surface area contributed by atoms with Crippen LogP contribution in [0.2, 0.25) is 0 Å². The molecule has 1 aromatic rings. The first-order valence-corrected chi connectivity index (χ1v) is 5.83. The minimum absolute atomic E-state index is 0.0257. The van der Waals surface area contributed by atoms with Crippen LogP contribution in [-0.4, -0.2) is 12.5 Å². The number of unbranched alkanes of at least 4 members (excludes halogenated alkanes) is 1. The zero-order valence-electron chi connectivity index (χ0n) is 10.2. The fourth-order valence-electron chi connectivity index (χ4n) is 1.35. The second-order valence-corrected chi connectivity index (χ2v) is 3.83. The van der Waals surface area contributed by atoms with Gasteiger partial charge >= 0.3 is 0 Å². The fourth-order valence-corrected chi connectivity index (χ4v) is 1.35. The second-order valence-electron chi connectivity index (χ2n) is 3.83. The average molecular weight is 246 g/mol. The summed E-state index contributed by atoms with van der Waals surface area (Å²) >= 11 is 0. The van der Waals surface area contributed by atoms with Gasteiger partial charge in [-0.25, -0.2) is 4.39 Å². The van der Waals surface area contributed by atoms with Gasteiger partial charge in [-0.2, -0.15) is 5.26 Å². The molecule has 0 aromatic heterocycles. The molecule has 1 N–H and O–H groups in total. The first-order chi connectivity index (χ1) is 8.67. The third kappa shape index (κ3) is 4.38. The van der Waals surface area contributed by atoms with Crippen LogP contribution in [0.25, 0.3) is 6.08 Å². The highest BCUT2D eigenvalue weighted by Gasteiger charge is 2.07. The molecule has 0 unspecified atom stereocenters. The summed E-state index contributed by atoms with van der Waals surface area (Å²) in [6.07, 6.45) is 3.30. The van der Waals surface area contributed by atoms with Gasteiger partial charge in [-0.3, -0.25) is 4.79 Å². The number of rotatable bonds is 5. The largest absolute Gasteiger partial charge is 0.351 e. The summed E-state index contributed by atoms with van der Waals surface area (Å²) in [4.78, 5) is 11.6. The Bertz CT molecular complexity index is 472. The van der Waals surface area contributed by atoms with Crippen molar-refractivity contribution in [3.8, 4) is 6.07 Å². The standard InChI is InChI=1S/C14H15FN2O/c1-2-3-8-17-14(18)12(10-16)9-11-4-6-13(15)7-5-11/h4-7,9H,2-3,8H2,1H3,(H,17,18)/b12-9-. The number of nitriles is 1. The smallest absolute Gasteiger partial charge is 0.261 e. The van der Waals surface area contributed by atoms with Crippen molar-refractivity contribution >= 4 is 12.0 Å². The molecule has 18 heavy (non-hydrogen) atoms. The maximum Gasteiger partial charge on any atom is 0.261 e. The molecule has 1 amide bonds. The SMILES string of the molecule is CCCCNC(=O)/C(C#N)=C\c1ccc(F)cc1. The fraction of sp³-hybridized carbons (Fsp3) is 0.286. The van der Waals surface area contributed by atoms with Crippen molar-refractivity contribution in [1.82, 2.24) is 5.32 Å². The summed E-state index contributed by atoms with van der Waals surface area (Å²) in [6, 6.07) is 7.46. The molecule has 1 aromatic carbocycles. The summed E-state index contributed by atoms with van der Waals surface area (Å²) < 4.78 is 12.7. The number of amides is 1. The van der Waals surface area contributed by atoms with Gasteiger partial charge in [0, 0.05) is 6.54 Å². The Morgan fingerprint density at radius 2 is 2.11 bits per heavy atom. The Kier molecular flexibility index (Phi) is 5.59. The van der Waals surface area contributed by atoms with Crippen molar-refractivity contribution < 1.29 is 9.18 Å². The predicted octanol–water partition coefficient (Wildman–Crippen LogP) is 2.65. The summed E-state index contributed by atoms with van der Waals surface area (Å²) in [6.45, 7) is 2.57. The number of benzene rings is 1. The Hall–Kier alpha value is -2.15. The molecule has 1 rings (SSSR count). The summed E-state index contributed by atoms with van der Waals surface area (Å²) in [5.74, 6) is -0.742. The lowest BCUT2D eigenvalue weighted by molar-refractivity contribution is -0.117. The van der Waals surface area contributed by atoms with E-state index in [-0.39, 0.29) is 11.4 Å². The van der Waals surface area contributed by atoms with Crippen LogP contribution in [0, 0.1) is 17.1 Å². The highest BCUT2D eigenvalue weighted by atomic mass is 19.1. The van der Waals surface area contributed by atoms with Crippen molar-refractivity contribution in [2.75, 3.05) is 6.54 Å². The van der Waals surface area contributed by atoms with Crippen molar-refractivity contribution in [1.29, 1.82) is 5.26 Å². The predicted molar refractivity (Wildman–Crippen MR) is 67.9 cm³/mol. The third-order valence-electron chi connectivity index (χ3n) is 2.36. The minimum atomic E-state index is -0.393. The number of carbonyl (C=O) groups is 1. The molecule has 94 valence electrons. The Morgan fingerprint density at radius 3 is 2.67 bits per heavy atom. The zero-order valence-corrected chi connectivity index (χ0v) is 10.2. The summed E-state index contributed by atoms with van der Waals surface area (Å²) in [5, 5.41) is 11.6. The highest BCUT2D eigenvalue weighted by molar-refractivity contribution is 6.01. The molecule has 4 heteroatoms. The van der Waals surface area contributed by atoms with Gasteiger partial charge in [-0.05, 0) is 30.2 Å². The van der Waals surface area contributed by atoms with E-state index in [4.69, 9.17) is 5.26 Å². The molecule has 0 aliphatic heterocycles. The molecule has 0 aliphatic rings. The van der Waals surface area contributed by atoms with Crippen LogP contribution in [0.4, 0.5) is 4.39 Å². The van der Waals surface area contributed by atoms with Gasteiger partial charge in [-0.1, -0.05) is 25.5 Å². The Balaban J connectivity index is 2.74. The van der Waals surface area contributed by atoms with Gasteiger partial charge in [0.15, 0.2) is 0 Å². The number of carbonyl (C=O) groups excluding carboxylic acids is 1. The lowest BCUT2D eigenvalue weighted by atomic mass is 10.1. The van der Waals surface area contributed by atoms with E-state index < -0.39 is 5.91 Å². The molecular weight excluding hydrogens is 231 g/mol. The number of nitrogens with zero attached hydrogens (tertiary/aromatic N) is 1. The molecule has 0 heterocycles. The molecular formula is C14H15FN2O. The number of halogens is 1. The van der Waals surface area contributed by atoms with Crippen molar-refractivity contribution in [2.45, 2.75) is 19.8 Å². The molecule has 0 atom stereocenters. The van der Waals surface area contributed by atoms with E-state index in [1.54, 1.807) is 0 Å². The van der Waals surface area contributed by atoms with Crippen LogP contribution in [0.15, 0.2) is 29.8 Å². The maximum atomic E-state index is 12.7. The van der Waals surface area contributed by atoms with E-state index >= 15 is 0 Å². The summed E-state index contributed by atoms with van der Waals surface area (Å²) in [5.41, 5.74) is 0.649. The normalized spacial score (nSPS) is 10.8. The van der Waals surface area contributed by atoms with Crippen LogP contribution in [0.5, 0.6) is 0 Å². The highest BCUT2D eigenvalue weighted by Crippen LogP contribution is 2.08. The lowest BCUT2D eigenvalue weighted by Crippen LogP contribution is -2.25. The molecule has 0 saturated heterocycles. The topological polar surface area (TPSA) is 52.9 Å². The zero-order chi connectivity index (χ0) is 13.4. The van der Waals surface area contributed by atoms with Crippen molar-refractivity contribution in [3.63, 3.8) is 0 Å². The van der Waals surface area contributed by atoms with Gasteiger partial charge < -0.3 is 5.32 Å². The monoisotopic (exact) mass is 246 g/mol. The average Bonchev–Trinajstić information content (AvgIpc) is 2.38. The first kappa shape index (κ1) is 13.9. The van der Waals surface area contributed by atoms with E-state index in [0.29, 0.717) is 12.1 Å². The lowest BCUT2D eigenvalue weighted by Gasteiger charge is -2.02. The first-order valence-electron chi connectivity index (χ1n) is 5.83. The molecule has 0 aliphatic carbocycles. The van der Waals surface area contributed by atoms with Crippen LogP contribution < -0.4 is 5.32 Å². The molecule has 0 saturated carbocycles. The van der Waals surface area contributed by atoms with Gasteiger partial charge in [0.2, 0.25) is 0 Å². The van der Waals surface area contributed by atoms with E-state index in [1.807, 2.05) is 13.0 Å². The second kappa shape index (κ2) is 7.23. The van der Waals surface area contributed by atoms with E-state index in [1.165, 1.54) is 30.3 Å². The van der Waals surface area contributed by atoms with Crippen LogP contribution >= 0.6 is 0 Å². The van der Waals surface area contributed by atoms with Crippen LogP contribution in [0.3, 0.4) is 0 Å². The Labute approximate surface area is 106 Å².